The Morgan fingerprint density at radius 3 is 2.31 bits per heavy atom. The van der Waals surface area contributed by atoms with Gasteiger partial charge in [-0.25, -0.2) is 0 Å². The minimum Gasteiger partial charge on any atom is -0.342 e. The van der Waals surface area contributed by atoms with Crippen molar-refractivity contribution in [3.8, 4) is 23.5 Å². The van der Waals surface area contributed by atoms with Crippen LogP contribution in [0.15, 0.2) is 88.7 Å². The second-order valence-electron chi connectivity index (χ2n) is 6.00. The molecule has 0 N–H and O–H groups in total. The number of benzene rings is 2. The first kappa shape index (κ1) is 17.4. The van der Waals surface area contributed by atoms with Gasteiger partial charge in [0.25, 0.3) is 0 Å². The topological polar surface area (TPSA) is 29.6 Å². The summed E-state index contributed by atoms with van der Waals surface area (Å²) in [6, 6.07) is 23.0. The van der Waals surface area contributed by atoms with Gasteiger partial charge in [-0.05, 0) is 35.7 Å². The number of hydrogen-bond donors (Lipinski definition) is 0. The van der Waals surface area contributed by atoms with Crippen LogP contribution in [0, 0.1) is 12.3 Å². The number of aromatic nitrogens is 1. The highest BCUT2D eigenvalue weighted by molar-refractivity contribution is 5.69. The monoisotopic (exact) mass is 339 g/mol. The van der Waals surface area contributed by atoms with Gasteiger partial charge in [0.2, 0.25) is 0 Å². The van der Waals surface area contributed by atoms with Crippen molar-refractivity contribution in [1.82, 2.24) is 4.57 Å². The molecule has 26 heavy (non-hydrogen) atoms. The van der Waals surface area contributed by atoms with Crippen LogP contribution in [-0.2, 0) is 6.54 Å². The highest BCUT2D eigenvalue weighted by Gasteiger charge is 2.10. The lowest BCUT2D eigenvalue weighted by Crippen LogP contribution is -2.03. The molecular formula is C23H21N3. The van der Waals surface area contributed by atoms with Crippen LogP contribution in [-0.4, -0.2) is 11.6 Å². The summed E-state index contributed by atoms with van der Waals surface area (Å²) in [7, 11) is 1.65. The summed E-state index contributed by atoms with van der Waals surface area (Å²) in [4.78, 5) is 0. The highest BCUT2D eigenvalue weighted by Crippen LogP contribution is 2.23. The lowest BCUT2D eigenvalue weighted by atomic mass is 10.0. The molecule has 3 nitrogen and oxygen atoms in total. The maximum atomic E-state index is 5.57. The molecule has 0 spiro atoms. The smallest absolute Gasteiger partial charge is 0.120 e. The Kier molecular flexibility index (Phi) is 5.46. The van der Waals surface area contributed by atoms with Gasteiger partial charge in [0.05, 0.1) is 5.69 Å². The lowest BCUT2D eigenvalue weighted by Gasteiger charge is -2.11. The van der Waals surface area contributed by atoms with Crippen molar-refractivity contribution in [2.45, 2.75) is 13.5 Å². The van der Waals surface area contributed by atoms with Gasteiger partial charge in [0.15, 0.2) is 0 Å². The predicted octanol–water partition coefficient (Wildman–Crippen LogP) is 5.65. The van der Waals surface area contributed by atoms with Crippen molar-refractivity contribution in [2.75, 3.05) is 7.05 Å². The third-order valence-corrected chi connectivity index (χ3v) is 4.26. The first-order valence-corrected chi connectivity index (χ1v) is 8.50. The van der Waals surface area contributed by atoms with E-state index in [2.05, 4.69) is 69.2 Å². The van der Waals surface area contributed by atoms with Crippen molar-refractivity contribution in [1.29, 1.82) is 0 Å². The average molecular weight is 339 g/mol. The first-order chi connectivity index (χ1) is 12.7. The van der Waals surface area contributed by atoms with Crippen LogP contribution in [0.4, 0.5) is 0 Å². The molecule has 0 atom stereocenters. The standard InChI is InChI=1S/C23H21N3/c1-4-18(2)23(25-24-3)22-11-8-16-26(22)17-19-12-14-21(15-13-19)20-9-6-5-7-10-20/h1,5-16H,17H2,2-3H3/b23-18+,25-24-. The molecule has 1 heterocycles. The van der Waals surface area contributed by atoms with E-state index in [1.54, 1.807) is 7.05 Å². The molecule has 0 aliphatic rings. The van der Waals surface area contributed by atoms with Gasteiger partial charge in [-0.3, -0.25) is 0 Å². The second-order valence-corrected chi connectivity index (χ2v) is 6.00. The molecule has 1 aromatic heterocycles. The van der Waals surface area contributed by atoms with E-state index < -0.39 is 0 Å². The molecule has 3 heteroatoms. The van der Waals surface area contributed by atoms with E-state index >= 15 is 0 Å². The average Bonchev–Trinajstić information content (AvgIpc) is 3.14. The maximum absolute atomic E-state index is 5.57. The van der Waals surface area contributed by atoms with Gasteiger partial charge in [-0.2, -0.15) is 10.2 Å². The Labute approximate surface area is 154 Å². The Morgan fingerprint density at radius 2 is 1.65 bits per heavy atom. The molecule has 0 saturated carbocycles. The van der Waals surface area contributed by atoms with E-state index in [1.807, 2.05) is 31.3 Å². The van der Waals surface area contributed by atoms with Crippen LogP contribution >= 0.6 is 0 Å². The van der Waals surface area contributed by atoms with E-state index in [4.69, 9.17) is 6.42 Å². The van der Waals surface area contributed by atoms with Gasteiger partial charge >= 0.3 is 0 Å². The minimum atomic E-state index is 0.737. The Bertz CT molecular complexity index is 968. The molecule has 0 aliphatic heterocycles. The summed E-state index contributed by atoms with van der Waals surface area (Å²) in [5.74, 6) is 2.67. The number of hydrogen-bond acceptors (Lipinski definition) is 2. The third-order valence-electron chi connectivity index (χ3n) is 4.26. The molecule has 0 radical (unpaired) electrons. The summed E-state index contributed by atoms with van der Waals surface area (Å²) < 4.78 is 2.14. The van der Waals surface area contributed by atoms with E-state index in [1.165, 1.54) is 16.7 Å². The van der Waals surface area contributed by atoms with Crippen molar-refractivity contribution in [3.63, 3.8) is 0 Å². The Balaban J connectivity index is 1.87. The molecule has 2 aromatic carbocycles. The summed E-state index contributed by atoms with van der Waals surface area (Å²) in [5.41, 5.74) is 6.13. The van der Waals surface area contributed by atoms with E-state index in [0.717, 1.165) is 23.5 Å². The predicted molar refractivity (Wildman–Crippen MR) is 108 cm³/mol. The summed E-state index contributed by atoms with van der Waals surface area (Å²) in [5, 5.41) is 8.15. The summed E-state index contributed by atoms with van der Waals surface area (Å²) >= 11 is 0. The number of rotatable bonds is 5. The fourth-order valence-electron chi connectivity index (χ4n) is 2.88. The van der Waals surface area contributed by atoms with Crippen LogP contribution in [0.5, 0.6) is 0 Å². The number of terminal acetylenes is 1. The van der Waals surface area contributed by atoms with Gasteiger partial charge < -0.3 is 4.57 Å². The molecule has 0 aliphatic carbocycles. The van der Waals surface area contributed by atoms with Gasteiger partial charge in [0, 0.05) is 25.4 Å². The number of nitrogens with zero attached hydrogens (tertiary/aromatic N) is 3. The van der Waals surface area contributed by atoms with Crippen LogP contribution in [0.2, 0.25) is 0 Å². The molecular weight excluding hydrogens is 318 g/mol. The fourth-order valence-corrected chi connectivity index (χ4v) is 2.88. The van der Waals surface area contributed by atoms with Crippen LogP contribution in [0.1, 0.15) is 18.2 Å². The zero-order valence-corrected chi connectivity index (χ0v) is 15.1. The molecule has 0 fully saturated rings. The van der Waals surface area contributed by atoms with Gasteiger partial charge in [-0.1, -0.05) is 60.5 Å². The van der Waals surface area contributed by atoms with E-state index in [0.29, 0.717) is 0 Å². The van der Waals surface area contributed by atoms with Crippen molar-refractivity contribution in [2.24, 2.45) is 10.2 Å². The van der Waals surface area contributed by atoms with E-state index in [-0.39, 0.29) is 0 Å². The lowest BCUT2D eigenvalue weighted by molar-refractivity contribution is 0.790. The first-order valence-electron chi connectivity index (χ1n) is 8.50. The fraction of sp³-hybridized carbons (Fsp3) is 0.130. The minimum absolute atomic E-state index is 0.737. The zero-order valence-electron chi connectivity index (χ0n) is 15.1. The van der Waals surface area contributed by atoms with E-state index in [9.17, 15) is 0 Å². The molecule has 0 saturated heterocycles. The third kappa shape index (κ3) is 3.81. The number of azo groups is 1. The van der Waals surface area contributed by atoms with Crippen LogP contribution < -0.4 is 0 Å². The largest absolute Gasteiger partial charge is 0.342 e. The number of allylic oxidation sites excluding steroid dienone is 1. The van der Waals surface area contributed by atoms with Crippen molar-refractivity contribution < 1.29 is 0 Å². The molecule has 3 rings (SSSR count). The zero-order chi connectivity index (χ0) is 18.4. The molecule has 0 amide bonds. The van der Waals surface area contributed by atoms with Crippen molar-refractivity contribution in [3.05, 3.63) is 89.8 Å². The van der Waals surface area contributed by atoms with Crippen LogP contribution in [0.25, 0.3) is 16.8 Å². The normalized spacial score (nSPS) is 12.0. The van der Waals surface area contributed by atoms with Gasteiger partial charge in [-0.15, -0.1) is 6.42 Å². The Morgan fingerprint density at radius 1 is 0.962 bits per heavy atom. The summed E-state index contributed by atoms with van der Waals surface area (Å²) in [6.07, 6.45) is 7.60. The van der Waals surface area contributed by atoms with Crippen LogP contribution in [0.3, 0.4) is 0 Å². The SMILES string of the molecule is C#C/C(C)=C(/N=N\C)c1cccn1Cc1ccc(-c2ccccc2)cc1. The van der Waals surface area contributed by atoms with Gasteiger partial charge in [0.1, 0.15) is 5.70 Å². The second kappa shape index (κ2) is 8.13. The maximum Gasteiger partial charge on any atom is 0.120 e. The quantitative estimate of drug-likeness (QED) is 0.425. The molecule has 3 aromatic rings. The highest BCUT2D eigenvalue weighted by atomic mass is 15.1. The molecule has 0 bridgehead atoms. The Hall–Kier alpha value is -3.38. The summed E-state index contributed by atoms with van der Waals surface area (Å²) in [6.45, 7) is 2.63. The van der Waals surface area contributed by atoms with Crippen molar-refractivity contribution >= 4 is 5.70 Å². The molecule has 128 valence electrons. The molecule has 0 unspecified atom stereocenters.